The zero-order valence-electron chi connectivity index (χ0n) is 14.7. The van der Waals surface area contributed by atoms with E-state index in [2.05, 4.69) is 16.9 Å². The summed E-state index contributed by atoms with van der Waals surface area (Å²) >= 11 is 6.11. The molecule has 142 valence electrons. The van der Waals surface area contributed by atoms with E-state index in [0.29, 0.717) is 17.3 Å². The Hall–Kier alpha value is -2.02. The lowest BCUT2D eigenvalue weighted by molar-refractivity contribution is -0.137. The van der Waals surface area contributed by atoms with Gasteiger partial charge in [0, 0.05) is 13.2 Å². The summed E-state index contributed by atoms with van der Waals surface area (Å²) in [4.78, 5) is 8.99. The fourth-order valence-electron chi connectivity index (χ4n) is 2.41. The first kappa shape index (κ1) is 20.3. The summed E-state index contributed by atoms with van der Waals surface area (Å²) in [6.45, 7) is 2.46. The van der Waals surface area contributed by atoms with Crippen molar-refractivity contribution in [2.75, 3.05) is 18.6 Å². The summed E-state index contributed by atoms with van der Waals surface area (Å²) in [5.41, 5.74) is -0.537. The predicted octanol–water partition coefficient (Wildman–Crippen LogP) is 5.88. The Bertz CT molecular complexity index is 725. The minimum atomic E-state index is -4.59. The number of para-hydroxylation sites is 1. The highest BCUT2D eigenvalue weighted by Gasteiger charge is 2.37. The van der Waals surface area contributed by atoms with Crippen LogP contribution < -0.4 is 9.64 Å². The molecule has 0 amide bonds. The number of anilines is 2. The lowest BCUT2D eigenvalue weighted by atomic mass is 10.2. The van der Waals surface area contributed by atoms with E-state index in [0.717, 1.165) is 31.9 Å². The Morgan fingerprint density at radius 3 is 2.54 bits per heavy atom. The highest BCUT2D eigenvalue weighted by Crippen LogP contribution is 2.39. The van der Waals surface area contributed by atoms with Crippen molar-refractivity contribution >= 4 is 23.1 Å². The van der Waals surface area contributed by atoms with Gasteiger partial charge in [0.15, 0.2) is 5.82 Å². The predicted molar refractivity (Wildman–Crippen MR) is 96.2 cm³/mol. The zero-order chi connectivity index (χ0) is 19.2. The number of hydrogen-bond acceptors (Lipinski definition) is 4. The normalized spacial score (nSPS) is 11.5. The van der Waals surface area contributed by atoms with Gasteiger partial charge in [0.25, 0.3) is 0 Å². The number of rotatable bonds is 8. The molecule has 0 bridgehead atoms. The second-order valence-corrected chi connectivity index (χ2v) is 6.21. The van der Waals surface area contributed by atoms with Gasteiger partial charge in [-0.15, -0.1) is 0 Å². The first-order valence-electron chi connectivity index (χ1n) is 8.40. The number of halogens is 4. The number of alkyl halides is 3. The molecule has 0 spiro atoms. The lowest BCUT2D eigenvalue weighted by Gasteiger charge is -2.23. The molecule has 0 aliphatic heterocycles. The zero-order valence-corrected chi connectivity index (χ0v) is 15.4. The van der Waals surface area contributed by atoms with Gasteiger partial charge >= 0.3 is 12.2 Å². The fourth-order valence-corrected chi connectivity index (χ4v) is 2.68. The van der Waals surface area contributed by atoms with E-state index in [1.54, 1.807) is 24.3 Å². The van der Waals surface area contributed by atoms with Gasteiger partial charge in [-0.05, 0) is 18.6 Å². The van der Waals surface area contributed by atoms with Crippen LogP contribution in [0.1, 0.15) is 38.2 Å². The Kier molecular flexibility index (Phi) is 7.08. The van der Waals surface area contributed by atoms with E-state index in [-0.39, 0.29) is 11.8 Å². The molecule has 0 saturated carbocycles. The molecule has 0 N–H and O–H groups in total. The van der Waals surface area contributed by atoms with Crippen molar-refractivity contribution in [1.29, 1.82) is 0 Å². The van der Waals surface area contributed by atoms with E-state index < -0.39 is 11.7 Å². The van der Waals surface area contributed by atoms with Crippen LogP contribution in [0.3, 0.4) is 0 Å². The Balaban J connectivity index is 2.28. The Morgan fingerprint density at radius 2 is 1.88 bits per heavy atom. The average molecular weight is 388 g/mol. The van der Waals surface area contributed by atoms with Crippen molar-refractivity contribution in [2.45, 2.75) is 38.8 Å². The Morgan fingerprint density at radius 1 is 1.15 bits per heavy atom. The van der Waals surface area contributed by atoms with Crippen LogP contribution in [0, 0.1) is 0 Å². The van der Waals surface area contributed by atoms with Gasteiger partial charge in [-0.1, -0.05) is 49.9 Å². The number of nitrogens with zero attached hydrogens (tertiary/aromatic N) is 3. The second kappa shape index (κ2) is 9.07. The van der Waals surface area contributed by atoms with E-state index in [1.165, 1.54) is 11.9 Å². The number of hydrogen-bond donors (Lipinski definition) is 0. The maximum Gasteiger partial charge on any atom is 0.421 e. The quantitative estimate of drug-likeness (QED) is 0.530. The first-order chi connectivity index (χ1) is 12.3. The molecule has 0 unspecified atom stereocenters. The summed E-state index contributed by atoms with van der Waals surface area (Å²) in [6, 6.07) is 6.54. The minimum absolute atomic E-state index is 0.0802. The maximum atomic E-state index is 13.4. The van der Waals surface area contributed by atoms with Crippen LogP contribution >= 0.6 is 11.6 Å². The van der Waals surface area contributed by atoms with Gasteiger partial charge in [0.2, 0.25) is 0 Å². The molecule has 1 aromatic heterocycles. The molecule has 26 heavy (non-hydrogen) atoms. The van der Waals surface area contributed by atoms with Crippen LogP contribution in [-0.4, -0.2) is 23.6 Å². The molecule has 0 fully saturated rings. The molecule has 0 aliphatic carbocycles. The van der Waals surface area contributed by atoms with Crippen LogP contribution in [0.5, 0.6) is 6.01 Å². The van der Waals surface area contributed by atoms with E-state index in [9.17, 15) is 13.2 Å². The summed E-state index contributed by atoms with van der Waals surface area (Å²) < 4.78 is 45.5. The SMILES string of the molecule is CCCCCCOc1ncc(C(F)(F)F)c(N(C)c2ccccc2Cl)n1. The molecule has 2 aromatic rings. The summed E-state index contributed by atoms with van der Waals surface area (Å²) in [7, 11) is 1.48. The van der Waals surface area contributed by atoms with E-state index in [1.807, 2.05) is 0 Å². The third-order valence-electron chi connectivity index (χ3n) is 3.81. The second-order valence-electron chi connectivity index (χ2n) is 5.81. The van der Waals surface area contributed by atoms with Crippen LogP contribution in [0.25, 0.3) is 0 Å². The largest absolute Gasteiger partial charge is 0.463 e. The number of benzene rings is 1. The van der Waals surface area contributed by atoms with E-state index >= 15 is 0 Å². The molecule has 8 heteroatoms. The van der Waals surface area contributed by atoms with E-state index in [4.69, 9.17) is 16.3 Å². The van der Waals surface area contributed by atoms with Gasteiger partial charge < -0.3 is 9.64 Å². The van der Waals surface area contributed by atoms with Gasteiger partial charge in [-0.25, -0.2) is 4.98 Å². The molecule has 0 saturated heterocycles. The van der Waals surface area contributed by atoms with Crippen molar-refractivity contribution in [3.05, 3.63) is 41.0 Å². The van der Waals surface area contributed by atoms with Gasteiger partial charge in [0.1, 0.15) is 5.56 Å². The number of aromatic nitrogens is 2. The molecule has 0 atom stereocenters. The monoisotopic (exact) mass is 387 g/mol. The standard InChI is InChI=1S/C18H21ClF3N3O/c1-3-4-5-8-11-26-17-23-12-13(18(20,21)22)16(24-17)25(2)15-10-7-6-9-14(15)19/h6-7,9-10,12H,3-5,8,11H2,1-2H3. The lowest BCUT2D eigenvalue weighted by Crippen LogP contribution is -2.19. The van der Waals surface area contributed by atoms with Crippen molar-refractivity contribution in [1.82, 2.24) is 9.97 Å². The average Bonchev–Trinajstić information content (AvgIpc) is 2.60. The minimum Gasteiger partial charge on any atom is -0.463 e. The third kappa shape index (κ3) is 5.24. The highest BCUT2D eigenvalue weighted by atomic mass is 35.5. The third-order valence-corrected chi connectivity index (χ3v) is 4.13. The van der Waals surface area contributed by atoms with Crippen LogP contribution in [0.15, 0.2) is 30.5 Å². The van der Waals surface area contributed by atoms with Crippen molar-refractivity contribution in [2.24, 2.45) is 0 Å². The van der Waals surface area contributed by atoms with Crippen LogP contribution in [0.2, 0.25) is 5.02 Å². The molecular weight excluding hydrogens is 367 g/mol. The molecule has 0 aliphatic rings. The topological polar surface area (TPSA) is 38.2 Å². The molecule has 1 heterocycles. The smallest absolute Gasteiger partial charge is 0.421 e. The molecular formula is C18H21ClF3N3O. The van der Waals surface area contributed by atoms with Gasteiger partial charge in [0.05, 0.1) is 17.3 Å². The van der Waals surface area contributed by atoms with Crippen molar-refractivity contribution in [3.8, 4) is 6.01 Å². The van der Waals surface area contributed by atoms with Gasteiger partial charge in [-0.2, -0.15) is 18.2 Å². The summed E-state index contributed by atoms with van der Waals surface area (Å²) in [6.07, 6.45) is 0.111. The molecule has 2 rings (SSSR count). The van der Waals surface area contributed by atoms with Crippen molar-refractivity contribution in [3.63, 3.8) is 0 Å². The number of ether oxygens (including phenoxy) is 1. The molecule has 4 nitrogen and oxygen atoms in total. The van der Waals surface area contributed by atoms with Crippen LogP contribution in [-0.2, 0) is 6.18 Å². The van der Waals surface area contributed by atoms with Crippen molar-refractivity contribution < 1.29 is 17.9 Å². The first-order valence-corrected chi connectivity index (χ1v) is 8.77. The Labute approximate surface area is 156 Å². The number of unbranched alkanes of at least 4 members (excludes halogenated alkanes) is 3. The maximum absolute atomic E-state index is 13.4. The molecule has 0 radical (unpaired) electrons. The fraction of sp³-hybridized carbons (Fsp3) is 0.444. The highest BCUT2D eigenvalue weighted by molar-refractivity contribution is 6.33. The van der Waals surface area contributed by atoms with Crippen LogP contribution in [0.4, 0.5) is 24.7 Å². The molecule has 1 aromatic carbocycles. The van der Waals surface area contributed by atoms with Gasteiger partial charge in [-0.3, -0.25) is 0 Å². The summed E-state index contributed by atoms with van der Waals surface area (Å²) in [5.74, 6) is -0.302. The summed E-state index contributed by atoms with van der Waals surface area (Å²) in [5, 5.41) is 0.323.